The third-order valence-electron chi connectivity index (χ3n) is 3.26. The number of nitrogens with zero attached hydrogens (tertiary/aromatic N) is 2. The van der Waals surface area contributed by atoms with Gasteiger partial charge in [0.05, 0.1) is 17.1 Å². The van der Waals surface area contributed by atoms with Gasteiger partial charge in [-0.1, -0.05) is 32.0 Å². The molecule has 0 bridgehead atoms. The van der Waals surface area contributed by atoms with Crippen LogP contribution in [0, 0.1) is 0 Å². The summed E-state index contributed by atoms with van der Waals surface area (Å²) in [5.74, 6) is 0. The molecule has 0 amide bonds. The first-order valence-electron chi connectivity index (χ1n) is 6.83. The minimum atomic E-state index is 0.934. The van der Waals surface area contributed by atoms with Crippen molar-refractivity contribution in [3.8, 4) is 0 Å². The molecule has 1 aromatic carbocycles. The summed E-state index contributed by atoms with van der Waals surface area (Å²) >= 11 is 0. The lowest BCUT2D eigenvalue weighted by atomic mass is 10.0. The predicted octanol–water partition coefficient (Wildman–Crippen LogP) is 4.35. The zero-order valence-corrected chi connectivity index (χ0v) is 11.9. The molecule has 19 heavy (non-hydrogen) atoms. The van der Waals surface area contributed by atoms with Crippen LogP contribution in [0.5, 0.6) is 0 Å². The first-order valence-corrected chi connectivity index (χ1v) is 6.83. The van der Waals surface area contributed by atoms with E-state index in [0.717, 1.165) is 29.9 Å². The van der Waals surface area contributed by atoms with Gasteiger partial charge in [-0.2, -0.15) is 0 Å². The Balaban J connectivity index is 2.37. The summed E-state index contributed by atoms with van der Waals surface area (Å²) in [6.45, 7) is 6.36. The fourth-order valence-corrected chi connectivity index (χ4v) is 2.07. The molecule has 0 unspecified atom stereocenters. The first-order chi connectivity index (χ1) is 9.24. The van der Waals surface area contributed by atoms with Crippen molar-refractivity contribution >= 4 is 11.4 Å². The summed E-state index contributed by atoms with van der Waals surface area (Å²) < 4.78 is 0. The molecule has 1 aromatic heterocycles. The van der Waals surface area contributed by atoms with Gasteiger partial charge in [0, 0.05) is 6.20 Å². The highest BCUT2D eigenvalue weighted by molar-refractivity contribution is 5.98. The molecule has 0 radical (unpaired) electrons. The highest BCUT2D eigenvalue weighted by Gasteiger charge is 2.03. The van der Waals surface area contributed by atoms with E-state index in [1.807, 2.05) is 25.1 Å². The Morgan fingerprint density at radius 3 is 2.58 bits per heavy atom. The highest BCUT2D eigenvalue weighted by Crippen LogP contribution is 2.22. The molecule has 0 saturated heterocycles. The van der Waals surface area contributed by atoms with Crippen LogP contribution in [-0.4, -0.2) is 10.7 Å². The first kappa shape index (κ1) is 13.5. The van der Waals surface area contributed by atoms with Crippen molar-refractivity contribution in [2.24, 2.45) is 4.99 Å². The third-order valence-corrected chi connectivity index (χ3v) is 3.26. The summed E-state index contributed by atoms with van der Waals surface area (Å²) in [4.78, 5) is 9.06. The minimum Gasteiger partial charge on any atom is -0.255 e. The molecule has 0 atom stereocenters. The van der Waals surface area contributed by atoms with Crippen LogP contribution < -0.4 is 0 Å². The molecule has 0 aliphatic carbocycles. The number of rotatable bonds is 4. The topological polar surface area (TPSA) is 25.2 Å². The van der Waals surface area contributed by atoms with Crippen molar-refractivity contribution in [1.82, 2.24) is 4.98 Å². The van der Waals surface area contributed by atoms with Gasteiger partial charge in [-0.3, -0.25) is 9.98 Å². The van der Waals surface area contributed by atoms with Gasteiger partial charge in [0.25, 0.3) is 0 Å². The predicted molar refractivity (Wildman–Crippen MR) is 81.3 cm³/mol. The number of pyridine rings is 1. The second kappa shape index (κ2) is 6.28. The van der Waals surface area contributed by atoms with Gasteiger partial charge in [-0.25, -0.2) is 0 Å². The van der Waals surface area contributed by atoms with Crippen molar-refractivity contribution in [3.05, 3.63) is 59.4 Å². The molecular formula is C17H20N2. The number of hydrogen-bond donors (Lipinski definition) is 0. The number of aryl methyl sites for hydroxylation is 2. The maximum atomic E-state index is 4.73. The standard InChI is InChI=1S/C17H20N2/c1-4-14-9-10-17(15(5-2)12-14)19-13(3)16-8-6-7-11-18-16/h6-12H,4-5H2,1-3H3. The number of aromatic nitrogens is 1. The highest BCUT2D eigenvalue weighted by atomic mass is 14.8. The summed E-state index contributed by atoms with van der Waals surface area (Å²) in [6.07, 6.45) is 3.87. The van der Waals surface area contributed by atoms with E-state index in [1.54, 1.807) is 6.20 Å². The Hall–Kier alpha value is -1.96. The molecule has 0 saturated carbocycles. The molecule has 2 aromatic rings. The fraction of sp³-hybridized carbons (Fsp3) is 0.294. The molecular weight excluding hydrogens is 232 g/mol. The lowest BCUT2D eigenvalue weighted by Gasteiger charge is -2.07. The van der Waals surface area contributed by atoms with E-state index in [2.05, 4.69) is 37.0 Å². The average Bonchev–Trinajstić information content (AvgIpc) is 2.48. The Labute approximate surface area is 115 Å². The van der Waals surface area contributed by atoms with Gasteiger partial charge in [0.2, 0.25) is 0 Å². The number of hydrogen-bond acceptors (Lipinski definition) is 2. The zero-order valence-electron chi connectivity index (χ0n) is 11.9. The normalized spacial score (nSPS) is 11.6. The van der Waals surface area contributed by atoms with E-state index in [0.29, 0.717) is 0 Å². The lowest BCUT2D eigenvalue weighted by Crippen LogP contribution is -1.97. The Morgan fingerprint density at radius 2 is 1.95 bits per heavy atom. The van der Waals surface area contributed by atoms with Crippen LogP contribution in [0.25, 0.3) is 0 Å². The summed E-state index contributed by atoms with van der Waals surface area (Å²) in [7, 11) is 0. The van der Waals surface area contributed by atoms with Crippen LogP contribution in [0.3, 0.4) is 0 Å². The molecule has 0 aliphatic rings. The smallest absolute Gasteiger partial charge is 0.0841 e. The SMILES string of the molecule is CCc1ccc(N=C(C)c2ccccn2)c(CC)c1. The zero-order chi connectivity index (χ0) is 13.7. The van der Waals surface area contributed by atoms with Crippen LogP contribution in [-0.2, 0) is 12.8 Å². The molecule has 0 N–H and O–H groups in total. The Bertz CT molecular complexity index is 571. The van der Waals surface area contributed by atoms with E-state index >= 15 is 0 Å². The van der Waals surface area contributed by atoms with Gasteiger partial charge < -0.3 is 0 Å². The molecule has 0 fully saturated rings. The van der Waals surface area contributed by atoms with Crippen LogP contribution in [0.15, 0.2) is 47.6 Å². The van der Waals surface area contributed by atoms with Gasteiger partial charge in [0.15, 0.2) is 0 Å². The molecule has 0 spiro atoms. The second-order valence-corrected chi connectivity index (χ2v) is 4.58. The Kier molecular flexibility index (Phi) is 4.45. The van der Waals surface area contributed by atoms with Gasteiger partial charge in [-0.15, -0.1) is 0 Å². The van der Waals surface area contributed by atoms with E-state index in [-0.39, 0.29) is 0 Å². The van der Waals surface area contributed by atoms with Crippen molar-refractivity contribution in [3.63, 3.8) is 0 Å². The van der Waals surface area contributed by atoms with Crippen LogP contribution in [0.4, 0.5) is 5.69 Å². The van der Waals surface area contributed by atoms with Crippen LogP contribution in [0.2, 0.25) is 0 Å². The number of aliphatic imine (C=N–C) groups is 1. The maximum Gasteiger partial charge on any atom is 0.0841 e. The molecule has 2 rings (SSSR count). The molecule has 2 heteroatoms. The van der Waals surface area contributed by atoms with E-state index in [4.69, 9.17) is 4.99 Å². The maximum absolute atomic E-state index is 4.73. The fourth-order valence-electron chi connectivity index (χ4n) is 2.07. The van der Waals surface area contributed by atoms with Crippen molar-refractivity contribution < 1.29 is 0 Å². The van der Waals surface area contributed by atoms with Crippen molar-refractivity contribution in [1.29, 1.82) is 0 Å². The number of benzene rings is 1. The minimum absolute atomic E-state index is 0.934. The van der Waals surface area contributed by atoms with Crippen LogP contribution >= 0.6 is 0 Å². The summed E-state index contributed by atoms with van der Waals surface area (Å²) in [6, 6.07) is 12.4. The molecule has 2 nitrogen and oxygen atoms in total. The molecule has 1 heterocycles. The van der Waals surface area contributed by atoms with Gasteiger partial charge in [0.1, 0.15) is 0 Å². The van der Waals surface area contributed by atoms with Crippen LogP contribution in [0.1, 0.15) is 37.6 Å². The van der Waals surface area contributed by atoms with Crippen molar-refractivity contribution in [2.45, 2.75) is 33.6 Å². The summed E-state index contributed by atoms with van der Waals surface area (Å²) in [5.41, 5.74) is 5.62. The Morgan fingerprint density at radius 1 is 1.11 bits per heavy atom. The quantitative estimate of drug-likeness (QED) is 0.743. The molecule has 0 aliphatic heterocycles. The lowest BCUT2D eigenvalue weighted by molar-refractivity contribution is 1.08. The van der Waals surface area contributed by atoms with E-state index in [9.17, 15) is 0 Å². The molecule has 98 valence electrons. The largest absolute Gasteiger partial charge is 0.255 e. The van der Waals surface area contributed by atoms with Crippen molar-refractivity contribution in [2.75, 3.05) is 0 Å². The van der Waals surface area contributed by atoms with Gasteiger partial charge >= 0.3 is 0 Å². The van der Waals surface area contributed by atoms with Gasteiger partial charge in [-0.05, 0) is 49.1 Å². The van der Waals surface area contributed by atoms with E-state index in [1.165, 1.54) is 11.1 Å². The third kappa shape index (κ3) is 3.28. The van der Waals surface area contributed by atoms with E-state index < -0.39 is 0 Å². The second-order valence-electron chi connectivity index (χ2n) is 4.58. The average molecular weight is 252 g/mol. The monoisotopic (exact) mass is 252 g/mol. The summed E-state index contributed by atoms with van der Waals surface area (Å²) in [5, 5.41) is 0.